The van der Waals surface area contributed by atoms with E-state index in [1.54, 1.807) is 0 Å². The third-order valence-electron chi connectivity index (χ3n) is 3.07. The largest absolute Gasteiger partial charge is 0.359 e. The molecule has 0 amide bonds. The molecule has 0 saturated carbocycles. The number of hydrogen-bond donors (Lipinski definition) is 0. The van der Waals surface area contributed by atoms with Gasteiger partial charge in [-0.05, 0) is 17.4 Å². The van der Waals surface area contributed by atoms with Gasteiger partial charge in [-0.25, -0.2) is 0 Å². The smallest absolute Gasteiger partial charge is 0.139 e. The minimum atomic E-state index is -0.114. The molecule has 1 aromatic rings. The summed E-state index contributed by atoms with van der Waals surface area (Å²) in [4.78, 5) is -0.114. The maximum atomic E-state index is 6.18. The highest BCUT2D eigenvalue weighted by atomic mass is 32.2. The third kappa shape index (κ3) is 2.28. The Morgan fingerprint density at radius 2 is 1.94 bits per heavy atom. The van der Waals surface area contributed by atoms with Crippen LogP contribution in [0.4, 0.5) is 0 Å². The Bertz CT molecular complexity index is 335. The van der Waals surface area contributed by atoms with Crippen molar-refractivity contribution in [2.75, 3.05) is 12.4 Å². The van der Waals surface area contributed by atoms with Gasteiger partial charge in [0, 0.05) is 5.75 Å². The highest BCUT2D eigenvalue weighted by Crippen LogP contribution is 2.48. The zero-order valence-corrected chi connectivity index (χ0v) is 11.1. The van der Waals surface area contributed by atoms with Crippen molar-refractivity contribution in [2.24, 2.45) is 5.41 Å². The van der Waals surface area contributed by atoms with Crippen molar-refractivity contribution in [3.63, 3.8) is 0 Å². The monoisotopic (exact) mass is 236 g/mol. The average molecular weight is 236 g/mol. The normalized spacial score (nSPS) is 28.9. The summed E-state index contributed by atoms with van der Waals surface area (Å²) in [6.45, 7) is 7.59. The van der Waals surface area contributed by atoms with E-state index in [9.17, 15) is 0 Å². The second-order valence-electron chi connectivity index (χ2n) is 5.21. The first-order valence-corrected chi connectivity index (χ1v) is 6.90. The SMILES string of the molecule is CCC1(c2ccccc2)OCC(C)(C)CS1. The van der Waals surface area contributed by atoms with Crippen molar-refractivity contribution in [2.45, 2.75) is 32.1 Å². The molecule has 1 heterocycles. The summed E-state index contributed by atoms with van der Waals surface area (Å²) >= 11 is 1.95. The van der Waals surface area contributed by atoms with Gasteiger partial charge in [-0.2, -0.15) is 0 Å². The third-order valence-corrected chi connectivity index (χ3v) is 5.11. The molecule has 0 spiro atoms. The van der Waals surface area contributed by atoms with E-state index in [0.717, 1.165) is 18.8 Å². The fourth-order valence-electron chi connectivity index (χ4n) is 1.97. The lowest BCUT2D eigenvalue weighted by atomic mass is 9.97. The summed E-state index contributed by atoms with van der Waals surface area (Å²) in [6.07, 6.45) is 1.03. The molecule has 1 fully saturated rings. The minimum absolute atomic E-state index is 0.114. The van der Waals surface area contributed by atoms with E-state index in [2.05, 4.69) is 51.1 Å². The van der Waals surface area contributed by atoms with Gasteiger partial charge in [0.1, 0.15) is 4.93 Å². The topological polar surface area (TPSA) is 9.23 Å². The van der Waals surface area contributed by atoms with Gasteiger partial charge in [0.25, 0.3) is 0 Å². The van der Waals surface area contributed by atoms with E-state index in [0.29, 0.717) is 5.41 Å². The molecular weight excluding hydrogens is 216 g/mol. The molecule has 0 aromatic heterocycles. The summed E-state index contributed by atoms with van der Waals surface area (Å²) in [7, 11) is 0. The van der Waals surface area contributed by atoms with Crippen LogP contribution in [-0.4, -0.2) is 12.4 Å². The molecule has 1 aliphatic rings. The molecular formula is C14H20OS. The van der Waals surface area contributed by atoms with Crippen LogP contribution in [0.15, 0.2) is 30.3 Å². The van der Waals surface area contributed by atoms with Crippen LogP contribution in [0.1, 0.15) is 32.8 Å². The lowest BCUT2D eigenvalue weighted by molar-refractivity contribution is -0.0297. The van der Waals surface area contributed by atoms with E-state index in [4.69, 9.17) is 4.74 Å². The maximum absolute atomic E-state index is 6.18. The summed E-state index contributed by atoms with van der Waals surface area (Å²) < 4.78 is 6.18. The zero-order chi connectivity index (χ0) is 11.6. The van der Waals surface area contributed by atoms with Gasteiger partial charge >= 0.3 is 0 Å². The minimum Gasteiger partial charge on any atom is -0.359 e. The standard InChI is InChI=1S/C14H20OS/c1-4-14(12-8-6-5-7-9-12)15-10-13(2,3)11-16-14/h5-9H,4,10-11H2,1-3H3. The summed E-state index contributed by atoms with van der Waals surface area (Å²) in [6, 6.07) is 10.6. The first-order chi connectivity index (χ1) is 7.58. The van der Waals surface area contributed by atoms with Gasteiger partial charge in [-0.15, -0.1) is 11.8 Å². The van der Waals surface area contributed by atoms with Crippen LogP contribution < -0.4 is 0 Å². The Kier molecular flexibility index (Phi) is 3.32. The second kappa shape index (κ2) is 4.42. The predicted octanol–water partition coefficient (Wildman–Crippen LogP) is 4.04. The lowest BCUT2D eigenvalue weighted by Gasteiger charge is -2.43. The first-order valence-electron chi connectivity index (χ1n) is 5.91. The van der Waals surface area contributed by atoms with Crippen LogP contribution >= 0.6 is 11.8 Å². The first kappa shape index (κ1) is 12.0. The van der Waals surface area contributed by atoms with Crippen molar-refractivity contribution in [3.05, 3.63) is 35.9 Å². The quantitative estimate of drug-likeness (QED) is 0.766. The average Bonchev–Trinajstić information content (AvgIpc) is 2.31. The molecule has 1 unspecified atom stereocenters. The zero-order valence-electron chi connectivity index (χ0n) is 10.3. The number of benzene rings is 1. The van der Waals surface area contributed by atoms with E-state index < -0.39 is 0 Å². The van der Waals surface area contributed by atoms with E-state index in [1.807, 2.05) is 11.8 Å². The van der Waals surface area contributed by atoms with Gasteiger partial charge in [-0.3, -0.25) is 0 Å². The van der Waals surface area contributed by atoms with Gasteiger partial charge in [0.15, 0.2) is 0 Å². The molecule has 0 bridgehead atoms. The van der Waals surface area contributed by atoms with Crippen molar-refractivity contribution in [1.29, 1.82) is 0 Å². The van der Waals surface area contributed by atoms with Crippen LogP contribution in [0, 0.1) is 5.41 Å². The molecule has 1 atom stereocenters. The molecule has 88 valence electrons. The van der Waals surface area contributed by atoms with Gasteiger partial charge < -0.3 is 4.74 Å². The van der Waals surface area contributed by atoms with E-state index in [1.165, 1.54) is 5.56 Å². The Balaban J connectivity index is 2.23. The molecule has 0 N–H and O–H groups in total. The number of ether oxygens (including phenoxy) is 1. The van der Waals surface area contributed by atoms with Gasteiger partial charge in [0.2, 0.25) is 0 Å². The fraction of sp³-hybridized carbons (Fsp3) is 0.571. The Morgan fingerprint density at radius 1 is 1.25 bits per heavy atom. The molecule has 1 saturated heterocycles. The van der Waals surface area contributed by atoms with Gasteiger partial charge in [0.05, 0.1) is 6.61 Å². The Hall–Kier alpha value is -0.470. The number of hydrogen-bond acceptors (Lipinski definition) is 2. The van der Waals surface area contributed by atoms with Crippen LogP contribution in [0.3, 0.4) is 0 Å². The Morgan fingerprint density at radius 3 is 2.44 bits per heavy atom. The van der Waals surface area contributed by atoms with Crippen LogP contribution in [0.25, 0.3) is 0 Å². The van der Waals surface area contributed by atoms with Crippen molar-refractivity contribution in [3.8, 4) is 0 Å². The molecule has 0 radical (unpaired) electrons. The summed E-state index contributed by atoms with van der Waals surface area (Å²) in [5.74, 6) is 1.16. The fourth-order valence-corrected chi connectivity index (χ4v) is 3.33. The van der Waals surface area contributed by atoms with Crippen LogP contribution in [0.2, 0.25) is 0 Å². The van der Waals surface area contributed by atoms with Gasteiger partial charge in [-0.1, -0.05) is 51.1 Å². The molecule has 1 nitrogen and oxygen atoms in total. The number of thioether (sulfide) groups is 1. The summed E-state index contributed by atoms with van der Waals surface area (Å²) in [5, 5.41) is 0. The molecule has 2 rings (SSSR count). The predicted molar refractivity (Wildman–Crippen MR) is 70.6 cm³/mol. The lowest BCUT2D eigenvalue weighted by Crippen LogP contribution is -2.38. The molecule has 2 heteroatoms. The van der Waals surface area contributed by atoms with E-state index in [-0.39, 0.29) is 4.93 Å². The van der Waals surface area contributed by atoms with Crippen LogP contribution in [0.5, 0.6) is 0 Å². The Labute approximate surface area is 103 Å². The highest BCUT2D eigenvalue weighted by Gasteiger charge is 2.40. The molecule has 16 heavy (non-hydrogen) atoms. The second-order valence-corrected chi connectivity index (χ2v) is 6.45. The van der Waals surface area contributed by atoms with E-state index >= 15 is 0 Å². The van der Waals surface area contributed by atoms with Crippen molar-refractivity contribution >= 4 is 11.8 Å². The maximum Gasteiger partial charge on any atom is 0.139 e. The highest BCUT2D eigenvalue weighted by molar-refractivity contribution is 8.00. The van der Waals surface area contributed by atoms with Crippen LogP contribution in [-0.2, 0) is 9.67 Å². The molecule has 1 aromatic carbocycles. The molecule has 0 aliphatic carbocycles. The number of rotatable bonds is 2. The molecule has 1 aliphatic heterocycles. The van der Waals surface area contributed by atoms with Crippen molar-refractivity contribution in [1.82, 2.24) is 0 Å². The summed E-state index contributed by atoms with van der Waals surface area (Å²) in [5.41, 5.74) is 1.61. The van der Waals surface area contributed by atoms with Crippen molar-refractivity contribution < 1.29 is 4.74 Å².